The van der Waals surface area contributed by atoms with Crippen LogP contribution < -0.4 is 0 Å². The highest BCUT2D eigenvalue weighted by atomic mass is 16.3. The number of aliphatic hydroxyl groups is 1. The fourth-order valence-electron chi connectivity index (χ4n) is 6.55. The van der Waals surface area contributed by atoms with Gasteiger partial charge in [-0.1, -0.05) is 19.9 Å². The van der Waals surface area contributed by atoms with Crippen LogP contribution in [0, 0.1) is 28.6 Å². The van der Waals surface area contributed by atoms with Gasteiger partial charge in [0.15, 0.2) is 0 Å². The van der Waals surface area contributed by atoms with Crippen LogP contribution in [0.2, 0.25) is 0 Å². The number of aliphatic hydroxyl groups excluding tert-OH is 1. The number of fused-ring (bicyclic) bond motifs is 5. The molecule has 5 unspecified atom stereocenters. The molecule has 4 rings (SSSR count). The van der Waals surface area contributed by atoms with Crippen molar-refractivity contribution in [2.24, 2.45) is 28.6 Å². The predicted octanol–water partition coefficient (Wildman–Crippen LogP) is 3.34. The van der Waals surface area contributed by atoms with Crippen LogP contribution in [0.1, 0.15) is 58.8 Å². The van der Waals surface area contributed by atoms with Gasteiger partial charge in [-0.15, -0.1) is 0 Å². The van der Waals surface area contributed by atoms with Crippen LogP contribution >= 0.6 is 0 Å². The maximum atomic E-state index is 12.1. The summed E-state index contributed by atoms with van der Waals surface area (Å²) in [4.78, 5) is 14.0. The van der Waals surface area contributed by atoms with Crippen LogP contribution in [-0.4, -0.2) is 29.1 Å². The van der Waals surface area contributed by atoms with Gasteiger partial charge in [-0.05, 0) is 61.7 Å². The lowest BCUT2D eigenvalue weighted by Crippen LogP contribution is -2.54. The number of likely N-dealkylation sites (tertiary alicyclic amines) is 1. The third-order valence-corrected chi connectivity index (χ3v) is 7.97. The van der Waals surface area contributed by atoms with Crippen molar-refractivity contribution in [1.29, 1.82) is 0 Å². The molecule has 3 heteroatoms. The zero-order chi connectivity index (χ0) is 15.7. The summed E-state index contributed by atoms with van der Waals surface area (Å²) in [6, 6.07) is 0. The van der Waals surface area contributed by atoms with Crippen molar-refractivity contribution in [1.82, 2.24) is 4.90 Å². The second kappa shape index (κ2) is 4.59. The molecule has 1 saturated heterocycles. The first kappa shape index (κ1) is 14.7. The third kappa shape index (κ3) is 1.69. The van der Waals surface area contributed by atoms with E-state index in [9.17, 15) is 9.90 Å². The Kier molecular flexibility index (Phi) is 3.08. The molecule has 1 heterocycles. The Morgan fingerprint density at radius 3 is 2.73 bits per heavy atom. The van der Waals surface area contributed by atoms with Gasteiger partial charge in [-0.2, -0.15) is 0 Å². The molecular formula is C19H29NO2. The summed E-state index contributed by atoms with van der Waals surface area (Å²) in [6.07, 6.45) is 9.59. The summed E-state index contributed by atoms with van der Waals surface area (Å²) >= 11 is 0. The molecule has 3 aliphatic carbocycles. The van der Waals surface area contributed by atoms with Gasteiger partial charge in [0.25, 0.3) is 0 Å². The molecule has 0 aromatic carbocycles. The number of carbonyl (C=O) groups is 1. The molecular weight excluding hydrogens is 274 g/mol. The summed E-state index contributed by atoms with van der Waals surface area (Å²) in [6.45, 7) is 4.72. The lowest BCUT2D eigenvalue weighted by atomic mass is 9.49. The van der Waals surface area contributed by atoms with Gasteiger partial charge in [-0.3, -0.25) is 4.79 Å². The highest BCUT2D eigenvalue weighted by Gasteiger charge is 2.59. The van der Waals surface area contributed by atoms with Gasteiger partial charge in [0.2, 0.25) is 5.91 Å². The zero-order valence-corrected chi connectivity index (χ0v) is 14.1. The average molecular weight is 303 g/mol. The summed E-state index contributed by atoms with van der Waals surface area (Å²) < 4.78 is 0. The van der Waals surface area contributed by atoms with Crippen molar-refractivity contribution >= 4 is 5.91 Å². The number of rotatable bonds is 0. The fraction of sp³-hybridized carbons (Fsp3) is 0.842. The molecule has 6 atom stereocenters. The molecule has 1 aliphatic heterocycles. The molecule has 22 heavy (non-hydrogen) atoms. The van der Waals surface area contributed by atoms with Gasteiger partial charge in [0.1, 0.15) is 0 Å². The molecule has 0 bridgehead atoms. The number of hydrogen-bond acceptors (Lipinski definition) is 2. The van der Waals surface area contributed by atoms with Gasteiger partial charge < -0.3 is 10.0 Å². The van der Waals surface area contributed by atoms with E-state index in [1.807, 2.05) is 11.9 Å². The summed E-state index contributed by atoms with van der Waals surface area (Å²) in [7, 11) is 1.96. The Hall–Kier alpha value is -0.830. The normalized spacial score (nSPS) is 51.0. The molecule has 4 aliphatic rings. The van der Waals surface area contributed by atoms with Gasteiger partial charge in [0.05, 0.1) is 6.10 Å². The third-order valence-electron chi connectivity index (χ3n) is 7.97. The quantitative estimate of drug-likeness (QED) is 0.745. The van der Waals surface area contributed by atoms with Crippen LogP contribution in [0.25, 0.3) is 0 Å². The van der Waals surface area contributed by atoms with E-state index in [1.165, 1.54) is 18.5 Å². The second-order valence-corrected chi connectivity index (χ2v) is 8.71. The van der Waals surface area contributed by atoms with E-state index in [-0.39, 0.29) is 22.8 Å². The SMILES string of the molecule is CN1C(=O)CCC2(C)C1=CCC1C2CCC2(C)C1CC[C@@H]2O. The van der Waals surface area contributed by atoms with Crippen LogP contribution in [-0.2, 0) is 4.79 Å². The number of allylic oxidation sites excluding steroid dienone is 2. The van der Waals surface area contributed by atoms with E-state index in [2.05, 4.69) is 19.9 Å². The largest absolute Gasteiger partial charge is 0.393 e. The Labute approximate surface area is 133 Å². The lowest BCUT2D eigenvalue weighted by Gasteiger charge is -2.58. The Balaban J connectivity index is 1.71. The number of amides is 1. The molecule has 0 radical (unpaired) electrons. The van der Waals surface area contributed by atoms with Gasteiger partial charge in [-0.25, -0.2) is 0 Å². The standard InChI is InChI=1S/C19H29NO2/c1-18-11-9-17(22)20(3)15(18)6-4-12-13-5-7-16(21)19(13,2)10-8-14(12)18/h6,12-14,16,21H,4-5,7-11H2,1-3H3/t12?,13?,14?,16-,18?,19?/m0/s1. The molecule has 2 saturated carbocycles. The van der Waals surface area contributed by atoms with E-state index in [0.29, 0.717) is 24.2 Å². The summed E-state index contributed by atoms with van der Waals surface area (Å²) in [5.41, 5.74) is 1.59. The van der Waals surface area contributed by atoms with Gasteiger partial charge >= 0.3 is 0 Å². The first-order chi connectivity index (χ1) is 10.4. The highest BCUT2D eigenvalue weighted by molar-refractivity contribution is 5.79. The molecule has 1 N–H and O–H groups in total. The molecule has 0 aromatic rings. The van der Waals surface area contributed by atoms with Crippen LogP contribution in [0.4, 0.5) is 0 Å². The summed E-state index contributed by atoms with van der Waals surface area (Å²) in [5, 5.41) is 10.5. The number of carbonyl (C=O) groups excluding carboxylic acids is 1. The summed E-state index contributed by atoms with van der Waals surface area (Å²) in [5.74, 6) is 2.33. The maximum Gasteiger partial charge on any atom is 0.226 e. The Morgan fingerprint density at radius 1 is 1.18 bits per heavy atom. The predicted molar refractivity (Wildman–Crippen MR) is 85.9 cm³/mol. The van der Waals surface area contributed by atoms with E-state index < -0.39 is 0 Å². The van der Waals surface area contributed by atoms with Crippen molar-refractivity contribution < 1.29 is 9.90 Å². The highest BCUT2D eigenvalue weighted by Crippen LogP contribution is 2.64. The lowest BCUT2D eigenvalue weighted by molar-refractivity contribution is -0.136. The van der Waals surface area contributed by atoms with E-state index in [4.69, 9.17) is 0 Å². The first-order valence-electron chi connectivity index (χ1n) is 9.03. The Morgan fingerprint density at radius 2 is 1.95 bits per heavy atom. The maximum absolute atomic E-state index is 12.1. The monoisotopic (exact) mass is 303 g/mol. The zero-order valence-electron chi connectivity index (χ0n) is 14.1. The van der Waals surface area contributed by atoms with E-state index >= 15 is 0 Å². The smallest absolute Gasteiger partial charge is 0.226 e. The minimum atomic E-state index is -0.104. The minimum Gasteiger partial charge on any atom is -0.393 e. The molecule has 122 valence electrons. The van der Waals surface area contributed by atoms with Crippen molar-refractivity contribution in [3.8, 4) is 0 Å². The average Bonchev–Trinajstić information content (AvgIpc) is 2.79. The van der Waals surface area contributed by atoms with Crippen molar-refractivity contribution in [3.63, 3.8) is 0 Å². The number of hydrogen-bond donors (Lipinski definition) is 1. The first-order valence-corrected chi connectivity index (χ1v) is 9.03. The fourth-order valence-corrected chi connectivity index (χ4v) is 6.55. The van der Waals surface area contributed by atoms with Crippen molar-refractivity contribution in [2.75, 3.05) is 7.05 Å². The van der Waals surface area contributed by atoms with E-state index in [0.717, 1.165) is 25.7 Å². The molecule has 1 amide bonds. The molecule has 3 fully saturated rings. The molecule has 0 spiro atoms. The molecule has 3 nitrogen and oxygen atoms in total. The van der Waals surface area contributed by atoms with Crippen molar-refractivity contribution in [2.45, 2.75) is 64.9 Å². The van der Waals surface area contributed by atoms with Crippen LogP contribution in [0.3, 0.4) is 0 Å². The van der Waals surface area contributed by atoms with E-state index in [1.54, 1.807) is 0 Å². The minimum absolute atomic E-state index is 0.104. The van der Waals surface area contributed by atoms with Gasteiger partial charge in [0, 0.05) is 24.6 Å². The second-order valence-electron chi connectivity index (χ2n) is 8.71. The Bertz CT molecular complexity index is 542. The molecule has 0 aromatic heterocycles. The van der Waals surface area contributed by atoms with Crippen LogP contribution in [0.15, 0.2) is 11.8 Å². The topological polar surface area (TPSA) is 40.5 Å². The van der Waals surface area contributed by atoms with Crippen LogP contribution in [0.5, 0.6) is 0 Å². The number of nitrogens with zero attached hydrogens (tertiary/aromatic N) is 1. The number of piperidine rings is 1. The van der Waals surface area contributed by atoms with Crippen molar-refractivity contribution in [3.05, 3.63) is 11.8 Å².